The number of amides is 2. The maximum absolute atomic E-state index is 11.7. The summed E-state index contributed by atoms with van der Waals surface area (Å²) in [5.41, 5.74) is 1.57. The lowest BCUT2D eigenvalue weighted by Crippen LogP contribution is -2.39. The summed E-state index contributed by atoms with van der Waals surface area (Å²) in [7, 11) is 5.07. The average Bonchev–Trinajstić information content (AvgIpc) is 2.39. The van der Waals surface area contributed by atoms with Gasteiger partial charge < -0.3 is 25.4 Å². The maximum Gasteiger partial charge on any atom is 0.334 e. The summed E-state index contributed by atoms with van der Waals surface area (Å²) in [5, 5.41) is 13.8. The Hall–Kier alpha value is -2.28. The number of urea groups is 1. The molecule has 2 amide bonds. The third-order valence-electron chi connectivity index (χ3n) is 2.63. The topological polar surface area (TPSA) is 90.9 Å². The molecule has 1 aromatic rings. The van der Waals surface area contributed by atoms with Crippen molar-refractivity contribution < 1.29 is 19.4 Å². The van der Waals surface area contributed by atoms with Crippen molar-refractivity contribution in [3.8, 4) is 0 Å². The third-order valence-corrected chi connectivity index (χ3v) is 2.63. The van der Waals surface area contributed by atoms with Gasteiger partial charge in [0.15, 0.2) is 6.10 Å². The van der Waals surface area contributed by atoms with Crippen LogP contribution in [0.3, 0.4) is 0 Å². The van der Waals surface area contributed by atoms with Crippen LogP contribution in [-0.2, 0) is 9.53 Å². The molecule has 20 heavy (non-hydrogen) atoms. The quantitative estimate of drug-likeness (QED) is 0.723. The molecule has 0 saturated carbocycles. The van der Waals surface area contributed by atoms with Crippen LogP contribution < -0.4 is 15.5 Å². The van der Waals surface area contributed by atoms with Crippen LogP contribution in [0, 0.1) is 0 Å². The molecule has 110 valence electrons. The van der Waals surface area contributed by atoms with Gasteiger partial charge in [0, 0.05) is 32.6 Å². The van der Waals surface area contributed by atoms with Crippen LogP contribution in [0.1, 0.15) is 0 Å². The van der Waals surface area contributed by atoms with Gasteiger partial charge >= 0.3 is 12.0 Å². The number of methoxy groups -OCH3 is 1. The predicted octanol–water partition coefficient (Wildman–Crippen LogP) is 0.974. The van der Waals surface area contributed by atoms with E-state index in [2.05, 4.69) is 10.6 Å². The van der Waals surface area contributed by atoms with Crippen molar-refractivity contribution >= 4 is 23.4 Å². The molecule has 1 aromatic carbocycles. The van der Waals surface area contributed by atoms with Crippen LogP contribution in [-0.4, -0.2) is 51.0 Å². The molecule has 0 aromatic heterocycles. The summed E-state index contributed by atoms with van der Waals surface area (Å²) in [6.07, 6.45) is -1.06. The van der Waals surface area contributed by atoms with Gasteiger partial charge in [0.1, 0.15) is 0 Å². The Balaban J connectivity index is 2.54. The summed E-state index contributed by atoms with van der Waals surface area (Å²) in [5.74, 6) is -1.12. The number of rotatable bonds is 6. The fraction of sp³-hybridized carbons (Fsp3) is 0.385. The van der Waals surface area contributed by atoms with Crippen LogP contribution in [0.2, 0.25) is 0 Å². The van der Waals surface area contributed by atoms with Crippen LogP contribution in [0.15, 0.2) is 24.3 Å². The number of nitrogens with one attached hydrogen (secondary N) is 2. The van der Waals surface area contributed by atoms with Gasteiger partial charge in [0.2, 0.25) is 0 Å². The van der Waals surface area contributed by atoms with Gasteiger partial charge in [0.25, 0.3) is 0 Å². The van der Waals surface area contributed by atoms with Crippen LogP contribution in [0.25, 0.3) is 0 Å². The van der Waals surface area contributed by atoms with Crippen molar-refractivity contribution in [3.05, 3.63) is 24.3 Å². The van der Waals surface area contributed by atoms with E-state index in [0.29, 0.717) is 5.69 Å². The second kappa shape index (κ2) is 7.34. The third kappa shape index (κ3) is 4.77. The minimum atomic E-state index is -1.12. The first-order valence-corrected chi connectivity index (χ1v) is 6.02. The number of ether oxygens (including phenoxy) is 1. The van der Waals surface area contributed by atoms with E-state index in [1.54, 1.807) is 6.07 Å². The Morgan fingerprint density at radius 1 is 1.40 bits per heavy atom. The normalized spacial score (nSPS) is 11.6. The summed E-state index contributed by atoms with van der Waals surface area (Å²) in [6.45, 7) is -0.106. The molecule has 7 nitrogen and oxygen atoms in total. The molecule has 3 N–H and O–H groups in total. The Labute approximate surface area is 117 Å². The number of carboxylic acid groups (broad SMARTS) is 1. The number of benzene rings is 1. The van der Waals surface area contributed by atoms with Gasteiger partial charge in [-0.2, -0.15) is 0 Å². The molecule has 7 heteroatoms. The summed E-state index contributed by atoms with van der Waals surface area (Å²) < 4.78 is 4.71. The molecule has 0 saturated heterocycles. The maximum atomic E-state index is 11.7. The predicted molar refractivity (Wildman–Crippen MR) is 76.2 cm³/mol. The van der Waals surface area contributed by atoms with E-state index >= 15 is 0 Å². The number of carbonyl (C=O) groups excluding carboxylic acids is 1. The SMILES string of the molecule is COC(CNC(=O)Nc1cccc(N(C)C)c1)C(=O)O. The fourth-order valence-corrected chi connectivity index (χ4v) is 1.49. The van der Waals surface area contributed by atoms with Gasteiger partial charge in [-0.3, -0.25) is 0 Å². The van der Waals surface area contributed by atoms with Crippen molar-refractivity contribution in [2.45, 2.75) is 6.10 Å². The first kappa shape index (κ1) is 15.8. The van der Waals surface area contributed by atoms with Gasteiger partial charge in [-0.1, -0.05) is 6.07 Å². The molecular weight excluding hydrogens is 262 g/mol. The Morgan fingerprint density at radius 2 is 2.10 bits per heavy atom. The largest absolute Gasteiger partial charge is 0.479 e. The highest BCUT2D eigenvalue weighted by atomic mass is 16.5. The number of anilines is 2. The molecule has 0 fully saturated rings. The first-order valence-electron chi connectivity index (χ1n) is 6.02. The number of carboxylic acids is 1. The lowest BCUT2D eigenvalue weighted by atomic mass is 10.2. The van der Waals surface area contributed by atoms with Crippen molar-refractivity contribution in [1.29, 1.82) is 0 Å². The Morgan fingerprint density at radius 3 is 2.65 bits per heavy atom. The zero-order valence-electron chi connectivity index (χ0n) is 11.7. The van der Waals surface area contributed by atoms with E-state index < -0.39 is 18.1 Å². The molecule has 0 aliphatic heterocycles. The van der Waals surface area contributed by atoms with Gasteiger partial charge in [0.05, 0.1) is 6.54 Å². The molecule has 1 unspecified atom stereocenters. The van der Waals surface area contributed by atoms with Crippen LogP contribution in [0.5, 0.6) is 0 Å². The van der Waals surface area contributed by atoms with Crippen molar-refractivity contribution in [2.24, 2.45) is 0 Å². The molecule has 0 radical (unpaired) electrons. The van der Waals surface area contributed by atoms with Gasteiger partial charge in [-0.15, -0.1) is 0 Å². The molecule has 0 aliphatic rings. The molecule has 1 atom stereocenters. The standard InChI is InChI=1S/C13H19N3O4/c1-16(2)10-6-4-5-9(7-10)15-13(19)14-8-11(20-3)12(17)18/h4-7,11H,8H2,1-3H3,(H,17,18)(H2,14,15,19). The fourth-order valence-electron chi connectivity index (χ4n) is 1.49. The zero-order chi connectivity index (χ0) is 15.1. The Kier molecular flexibility index (Phi) is 5.79. The Bertz CT molecular complexity index is 476. The minimum Gasteiger partial charge on any atom is -0.479 e. The molecule has 0 heterocycles. The lowest BCUT2D eigenvalue weighted by Gasteiger charge is -2.15. The van der Waals surface area contributed by atoms with E-state index in [9.17, 15) is 9.59 Å². The van der Waals surface area contributed by atoms with Crippen LogP contribution >= 0.6 is 0 Å². The monoisotopic (exact) mass is 281 g/mol. The molecular formula is C13H19N3O4. The molecule has 0 aliphatic carbocycles. The number of carbonyl (C=O) groups is 2. The summed E-state index contributed by atoms with van der Waals surface area (Å²) in [6, 6.07) is 6.81. The highest BCUT2D eigenvalue weighted by molar-refractivity contribution is 5.90. The first-order chi connectivity index (χ1) is 9.43. The molecule has 0 spiro atoms. The van der Waals surface area contributed by atoms with Crippen molar-refractivity contribution in [1.82, 2.24) is 5.32 Å². The minimum absolute atomic E-state index is 0.106. The second-order valence-electron chi connectivity index (χ2n) is 4.34. The van der Waals surface area contributed by atoms with E-state index in [1.807, 2.05) is 37.2 Å². The lowest BCUT2D eigenvalue weighted by molar-refractivity contribution is -0.147. The van der Waals surface area contributed by atoms with Crippen molar-refractivity contribution in [2.75, 3.05) is 38.0 Å². The van der Waals surface area contributed by atoms with Gasteiger partial charge in [-0.05, 0) is 18.2 Å². The zero-order valence-corrected chi connectivity index (χ0v) is 11.7. The number of nitrogens with zero attached hydrogens (tertiary/aromatic N) is 1. The van der Waals surface area contributed by atoms with Crippen molar-refractivity contribution in [3.63, 3.8) is 0 Å². The highest BCUT2D eigenvalue weighted by Gasteiger charge is 2.17. The number of hydrogen-bond acceptors (Lipinski definition) is 4. The summed E-state index contributed by atoms with van der Waals surface area (Å²) >= 11 is 0. The summed E-state index contributed by atoms with van der Waals surface area (Å²) in [4.78, 5) is 24.3. The van der Waals surface area contributed by atoms with Crippen LogP contribution in [0.4, 0.5) is 16.2 Å². The van der Waals surface area contributed by atoms with Gasteiger partial charge in [-0.25, -0.2) is 9.59 Å². The average molecular weight is 281 g/mol. The van der Waals surface area contributed by atoms with E-state index in [1.165, 1.54) is 7.11 Å². The number of aliphatic carboxylic acids is 1. The highest BCUT2D eigenvalue weighted by Crippen LogP contribution is 2.16. The van der Waals surface area contributed by atoms with E-state index in [4.69, 9.17) is 9.84 Å². The smallest absolute Gasteiger partial charge is 0.334 e. The molecule has 1 rings (SSSR count). The number of hydrogen-bond donors (Lipinski definition) is 3. The van der Waals surface area contributed by atoms with E-state index in [-0.39, 0.29) is 6.54 Å². The second-order valence-corrected chi connectivity index (χ2v) is 4.34. The molecule has 0 bridgehead atoms. The van der Waals surface area contributed by atoms with E-state index in [0.717, 1.165) is 5.69 Å².